The number of nitrogens with zero attached hydrogens (tertiary/aromatic N) is 2. The third kappa shape index (κ3) is 3.02. The molecule has 0 aromatic carbocycles. The van der Waals surface area contributed by atoms with Crippen LogP contribution < -0.4 is 5.32 Å². The van der Waals surface area contributed by atoms with E-state index in [1.807, 2.05) is 10.8 Å². The molecule has 0 bridgehead atoms. The third-order valence-electron chi connectivity index (χ3n) is 3.17. The Balaban J connectivity index is 1.99. The summed E-state index contributed by atoms with van der Waals surface area (Å²) in [6.45, 7) is 1.73. The van der Waals surface area contributed by atoms with E-state index in [-0.39, 0.29) is 5.25 Å². The first-order valence-electron chi connectivity index (χ1n) is 6.09. The average molecular weight is 273 g/mol. The first kappa shape index (κ1) is 13.4. The molecule has 102 valence electrons. The van der Waals surface area contributed by atoms with Crippen molar-refractivity contribution in [1.29, 1.82) is 0 Å². The van der Waals surface area contributed by atoms with Crippen LogP contribution >= 0.6 is 0 Å². The van der Waals surface area contributed by atoms with Gasteiger partial charge in [-0.3, -0.25) is 0 Å². The number of hydrogen-bond acceptors (Lipinski definition) is 5. The summed E-state index contributed by atoms with van der Waals surface area (Å²) in [5.41, 5.74) is 0. The molecule has 1 N–H and O–H groups in total. The highest BCUT2D eigenvalue weighted by molar-refractivity contribution is 7.92. The van der Waals surface area contributed by atoms with E-state index in [0.717, 1.165) is 12.8 Å². The summed E-state index contributed by atoms with van der Waals surface area (Å²) >= 11 is 0. The molecule has 18 heavy (non-hydrogen) atoms. The number of ether oxygens (including phenoxy) is 1. The van der Waals surface area contributed by atoms with Crippen molar-refractivity contribution in [2.75, 3.05) is 31.3 Å². The molecule has 1 unspecified atom stereocenters. The van der Waals surface area contributed by atoms with Gasteiger partial charge in [-0.05, 0) is 12.8 Å². The lowest BCUT2D eigenvalue weighted by Gasteiger charge is -2.13. The molecular weight excluding hydrogens is 254 g/mol. The minimum atomic E-state index is -2.91. The van der Waals surface area contributed by atoms with E-state index < -0.39 is 9.84 Å². The van der Waals surface area contributed by atoms with Crippen molar-refractivity contribution in [1.82, 2.24) is 9.55 Å². The zero-order valence-corrected chi connectivity index (χ0v) is 11.3. The number of imidazole rings is 1. The van der Waals surface area contributed by atoms with E-state index in [1.165, 1.54) is 0 Å². The van der Waals surface area contributed by atoms with Crippen molar-refractivity contribution < 1.29 is 13.2 Å². The molecule has 1 aliphatic rings. The van der Waals surface area contributed by atoms with E-state index in [1.54, 1.807) is 13.3 Å². The highest BCUT2D eigenvalue weighted by Crippen LogP contribution is 2.22. The molecule has 1 aromatic rings. The van der Waals surface area contributed by atoms with E-state index in [9.17, 15) is 8.42 Å². The van der Waals surface area contributed by atoms with Gasteiger partial charge in [0.15, 0.2) is 9.84 Å². The highest BCUT2D eigenvalue weighted by Gasteiger charge is 2.31. The maximum atomic E-state index is 11.8. The monoisotopic (exact) mass is 273 g/mol. The van der Waals surface area contributed by atoms with E-state index in [2.05, 4.69) is 10.3 Å². The maximum absolute atomic E-state index is 11.8. The SMILES string of the molecule is COCCNc1nccn1CC1CCCS1(=O)=O. The van der Waals surface area contributed by atoms with Gasteiger partial charge >= 0.3 is 0 Å². The Morgan fingerprint density at radius 2 is 2.44 bits per heavy atom. The second-order valence-corrected chi connectivity index (χ2v) is 6.85. The van der Waals surface area contributed by atoms with Crippen molar-refractivity contribution in [2.45, 2.75) is 24.6 Å². The molecule has 7 heteroatoms. The molecule has 0 radical (unpaired) electrons. The Morgan fingerprint density at radius 1 is 1.61 bits per heavy atom. The van der Waals surface area contributed by atoms with Gasteiger partial charge in [0.1, 0.15) is 0 Å². The van der Waals surface area contributed by atoms with E-state index >= 15 is 0 Å². The minimum absolute atomic E-state index is 0.269. The van der Waals surface area contributed by atoms with Crippen molar-refractivity contribution in [3.05, 3.63) is 12.4 Å². The zero-order chi connectivity index (χ0) is 13.0. The Bertz CT molecular complexity index is 483. The van der Waals surface area contributed by atoms with Crippen molar-refractivity contribution in [2.24, 2.45) is 0 Å². The molecule has 1 fully saturated rings. The van der Waals surface area contributed by atoms with Gasteiger partial charge in [-0.15, -0.1) is 0 Å². The lowest BCUT2D eigenvalue weighted by atomic mass is 10.2. The van der Waals surface area contributed by atoms with E-state index in [4.69, 9.17) is 4.74 Å². The molecular formula is C11H19N3O3S. The number of aromatic nitrogens is 2. The number of hydrogen-bond donors (Lipinski definition) is 1. The quantitative estimate of drug-likeness (QED) is 0.765. The largest absolute Gasteiger partial charge is 0.383 e. The third-order valence-corrected chi connectivity index (χ3v) is 5.43. The number of methoxy groups -OCH3 is 1. The number of nitrogens with one attached hydrogen (secondary N) is 1. The number of sulfone groups is 1. The van der Waals surface area contributed by atoms with Gasteiger partial charge in [0.25, 0.3) is 0 Å². The Kier molecular flexibility index (Phi) is 4.23. The fourth-order valence-corrected chi connectivity index (χ4v) is 3.99. The Morgan fingerprint density at radius 3 is 3.11 bits per heavy atom. The average Bonchev–Trinajstić information content (AvgIpc) is 2.88. The van der Waals surface area contributed by atoms with Crippen LogP contribution in [0.25, 0.3) is 0 Å². The topological polar surface area (TPSA) is 73.2 Å². The summed E-state index contributed by atoms with van der Waals surface area (Å²) in [5.74, 6) is 1.02. The predicted octanol–water partition coefficient (Wildman–Crippen LogP) is 0.519. The van der Waals surface area contributed by atoms with Crippen LogP contribution in [0, 0.1) is 0 Å². The summed E-state index contributed by atoms with van der Waals surface area (Å²) in [6.07, 6.45) is 5.01. The summed E-state index contributed by atoms with van der Waals surface area (Å²) in [6, 6.07) is 0. The van der Waals surface area contributed by atoms with Crippen LogP contribution in [-0.4, -0.2) is 49.2 Å². The molecule has 2 heterocycles. The van der Waals surface area contributed by atoms with Gasteiger partial charge in [-0.1, -0.05) is 0 Å². The fourth-order valence-electron chi connectivity index (χ4n) is 2.17. The highest BCUT2D eigenvalue weighted by atomic mass is 32.2. The summed E-state index contributed by atoms with van der Waals surface area (Å²) < 4.78 is 30.4. The molecule has 0 amide bonds. The summed E-state index contributed by atoms with van der Waals surface area (Å²) in [4.78, 5) is 4.18. The van der Waals surface area contributed by atoms with Crippen LogP contribution in [-0.2, 0) is 21.1 Å². The van der Waals surface area contributed by atoms with Gasteiger partial charge in [0, 0.05) is 32.6 Å². The second kappa shape index (κ2) is 5.71. The first-order valence-corrected chi connectivity index (χ1v) is 7.80. The smallest absolute Gasteiger partial charge is 0.202 e. The normalized spacial score (nSPS) is 22.2. The van der Waals surface area contributed by atoms with Gasteiger partial charge in [-0.25, -0.2) is 13.4 Å². The van der Waals surface area contributed by atoms with Crippen LogP contribution in [0.2, 0.25) is 0 Å². The van der Waals surface area contributed by atoms with Crippen molar-refractivity contribution >= 4 is 15.8 Å². The molecule has 2 rings (SSSR count). The van der Waals surface area contributed by atoms with Gasteiger partial charge in [-0.2, -0.15) is 0 Å². The predicted molar refractivity (Wildman–Crippen MR) is 69.4 cm³/mol. The van der Waals surface area contributed by atoms with Crippen molar-refractivity contribution in [3.8, 4) is 0 Å². The van der Waals surface area contributed by atoms with Crippen LogP contribution in [0.1, 0.15) is 12.8 Å². The molecule has 0 aliphatic carbocycles. The summed E-state index contributed by atoms with van der Waals surface area (Å²) in [7, 11) is -1.27. The molecule has 1 atom stereocenters. The molecule has 0 spiro atoms. The number of anilines is 1. The van der Waals surface area contributed by atoms with Crippen LogP contribution in [0.15, 0.2) is 12.4 Å². The van der Waals surface area contributed by atoms with Gasteiger partial charge < -0.3 is 14.6 Å². The van der Waals surface area contributed by atoms with Crippen LogP contribution in [0.5, 0.6) is 0 Å². The molecule has 0 saturated carbocycles. The molecule has 1 aromatic heterocycles. The lowest BCUT2D eigenvalue weighted by Crippen LogP contribution is -2.23. The minimum Gasteiger partial charge on any atom is -0.383 e. The van der Waals surface area contributed by atoms with Crippen molar-refractivity contribution in [3.63, 3.8) is 0 Å². The first-order chi connectivity index (χ1) is 8.63. The zero-order valence-electron chi connectivity index (χ0n) is 10.5. The van der Waals surface area contributed by atoms with Gasteiger partial charge in [0.05, 0.1) is 17.6 Å². The van der Waals surface area contributed by atoms with Crippen LogP contribution in [0.4, 0.5) is 5.95 Å². The molecule has 6 nitrogen and oxygen atoms in total. The standard InChI is InChI=1S/C11H19N3O3S/c1-17-7-5-13-11-12-4-6-14(11)9-10-3-2-8-18(10,15)16/h4,6,10H,2-3,5,7-9H2,1H3,(H,12,13). The fraction of sp³-hybridized carbons (Fsp3) is 0.727. The number of rotatable bonds is 6. The maximum Gasteiger partial charge on any atom is 0.202 e. The van der Waals surface area contributed by atoms with E-state index in [0.29, 0.717) is 31.4 Å². The second-order valence-electron chi connectivity index (χ2n) is 4.45. The Labute approximate surface area is 107 Å². The van der Waals surface area contributed by atoms with Gasteiger partial charge in [0.2, 0.25) is 5.95 Å². The Hall–Kier alpha value is -1.08. The lowest BCUT2D eigenvalue weighted by molar-refractivity contribution is 0.210. The molecule has 1 saturated heterocycles. The summed E-state index contributed by atoms with van der Waals surface area (Å²) in [5, 5.41) is 2.86. The van der Waals surface area contributed by atoms with Crippen LogP contribution in [0.3, 0.4) is 0 Å². The molecule has 1 aliphatic heterocycles.